The van der Waals surface area contributed by atoms with Crippen molar-refractivity contribution in [3.8, 4) is 11.5 Å². The quantitative estimate of drug-likeness (QED) is 0.800. The topological polar surface area (TPSA) is 54.0 Å². The van der Waals surface area contributed by atoms with Crippen molar-refractivity contribution in [3.63, 3.8) is 0 Å². The average Bonchev–Trinajstić information content (AvgIpc) is 2.97. The summed E-state index contributed by atoms with van der Waals surface area (Å²) >= 11 is 0. The standard InChI is InChI=1S/C17H18O5/c1-3-19-15-9-13(22-17(18)11(15)2)6-4-12-5-7-14-16(8-12)21-10-20-14/h4-8,13H,3,9-10H2,1-2H3. The van der Waals surface area contributed by atoms with Gasteiger partial charge in [0.15, 0.2) is 11.5 Å². The van der Waals surface area contributed by atoms with Crippen molar-refractivity contribution in [2.75, 3.05) is 13.4 Å². The van der Waals surface area contributed by atoms with Gasteiger partial charge in [0.05, 0.1) is 12.2 Å². The Morgan fingerprint density at radius 2 is 2.14 bits per heavy atom. The van der Waals surface area contributed by atoms with Gasteiger partial charge in [-0.1, -0.05) is 12.1 Å². The van der Waals surface area contributed by atoms with Gasteiger partial charge in [0.1, 0.15) is 11.9 Å². The predicted octanol–water partition coefficient (Wildman–Crippen LogP) is 3.05. The molecule has 0 aliphatic carbocycles. The Bertz CT molecular complexity index is 644. The van der Waals surface area contributed by atoms with Gasteiger partial charge >= 0.3 is 5.97 Å². The lowest BCUT2D eigenvalue weighted by molar-refractivity contribution is -0.144. The van der Waals surface area contributed by atoms with E-state index in [1.807, 2.05) is 37.3 Å². The Hall–Kier alpha value is -2.43. The van der Waals surface area contributed by atoms with Crippen molar-refractivity contribution in [3.05, 3.63) is 41.2 Å². The van der Waals surface area contributed by atoms with E-state index in [2.05, 4.69) is 0 Å². The van der Waals surface area contributed by atoms with Gasteiger partial charge in [0.2, 0.25) is 6.79 Å². The molecule has 0 spiro atoms. The van der Waals surface area contributed by atoms with E-state index >= 15 is 0 Å². The van der Waals surface area contributed by atoms with Crippen LogP contribution in [0.5, 0.6) is 11.5 Å². The van der Waals surface area contributed by atoms with Crippen molar-refractivity contribution in [2.24, 2.45) is 0 Å². The molecule has 3 rings (SSSR count). The van der Waals surface area contributed by atoms with E-state index in [0.717, 1.165) is 17.1 Å². The Morgan fingerprint density at radius 3 is 2.95 bits per heavy atom. The first-order valence-electron chi connectivity index (χ1n) is 7.28. The molecule has 0 radical (unpaired) electrons. The third-order valence-corrected chi connectivity index (χ3v) is 3.59. The highest BCUT2D eigenvalue weighted by Crippen LogP contribution is 2.33. The second-order valence-corrected chi connectivity index (χ2v) is 5.10. The number of fused-ring (bicyclic) bond motifs is 1. The van der Waals surface area contributed by atoms with Crippen molar-refractivity contribution in [1.29, 1.82) is 0 Å². The van der Waals surface area contributed by atoms with Crippen molar-refractivity contribution < 1.29 is 23.7 Å². The molecule has 0 saturated heterocycles. The lowest BCUT2D eigenvalue weighted by Crippen LogP contribution is -2.25. The molecule has 2 aliphatic heterocycles. The molecule has 2 heterocycles. The maximum absolute atomic E-state index is 11.8. The molecule has 0 amide bonds. The van der Waals surface area contributed by atoms with Crippen LogP contribution in [0.15, 0.2) is 35.6 Å². The average molecular weight is 302 g/mol. The fraction of sp³-hybridized carbons (Fsp3) is 0.353. The molecular formula is C17H18O5. The van der Waals surface area contributed by atoms with Crippen LogP contribution in [0.25, 0.3) is 6.08 Å². The number of ether oxygens (including phenoxy) is 4. The molecule has 1 aromatic carbocycles. The summed E-state index contributed by atoms with van der Waals surface area (Å²) in [4.78, 5) is 11.8. The van der Waals surface area contributed by atoms with Crippen molar-refractivity contribution >= 4 is 12.0 Å². The number of hydrogen-bond donors (Lipinski definition) is 0. The predicted molar refractivity (Wildman–Crippen MR) is 80.4 cm³/mol. The Morgan fingerprint density at radius 1 is 1.32 bits per heavy atom. The summed E-state index contributed by atoms with van der Waals surface area (Å²) in [7, 11) is 0. The number of carbonyl (C=O) groups is 1. The molecule has 0 bridgehead atoms. The van der Waals surface area contributed by atoms with Crippen molar-refractivity contribution in [1.82, 2.24) is 0 Å². The Labute approximate surface area is 129 Å². The van der Waals surface area contributed by atoms with Crippen LogP contribution in [0.3, 0.4) is 0 Å². The van der Waals surface area contributed by atoms with E-state index in [1.54, 1.807) is 6.92 Å². The van der Waals surface area contributed by atoms with Crippen LogP contribution in [-0.4, -0.2) is 25.5 Å². The molecule has 1 aromatic rings. The zero-order chi connectivity index (χ0) is 15.5. The largest absolute Gasteiger partial charge is 0.498 e. The van der Waals surface area contributed by atoms with Crippen LogP contribution in [0.1, 0.15) is 25.8 Å². The summed E-state index contributed by atoms with van der Waals surface area (Å²) in [6.07, 6.45) is 4.01. The summed E-state index contributed by atoms with van der Waals surface area (Å²) in [6, 6.07) is 5.69. The van der Waals surface area contributed by atoms with Crippen LogP contribution in [0.4, 0.5) is 0 Å². The zero-order valence-corrected chi connectivity index (χ0v) is 12.6. The third kappa shape index (κ3) is 2.93. The monoisotopic (exact) mass is 302 g/mol. The molecule has 1 unspecified atom stereocenters. The summed E-state index contributed by atoms with van der Waals surface area (Å²) in [5.74, 6) is 1.86. The molecule has 5 heteroatoms. The van der Waals surface area contributed by atoms with Crippen molar-refractivity contribution in [2.45, 2.75) is 26.4 Å². The highest BCUT2D eigenvalue weighted by Gasteiger charge is 2.25. The summed E-state index contributed by atoms with van der Waals surface area (Å²) in [5.41, 5.74) is 1.51. The first kappa shape index (κ1) is 14.5. The molecule has 22 heavy (non-hydrogen) atoms. The molecule has 0 fully saturated rings. The Balaban J connectivity index is 1.72. The minimum absolute atomic E-state index is 0.254. The summed E-state index contributed by atoms with van der Waals surface area (Å²) in [6.45, 7) is 4.42. The smallest absolute Gasteiger partial charge is 0.337 e. The van der Waals surface area contributed by atoms with Crippen LogP contribution in [-0.2, 0) is 14.3 Å². The van der Waals surface area contributed by atoms with E-state index in [4.69, 9.17) is 18.9 Å². The molecular weight excluding hydrogens is 284 g/mol. The second kappa shape index (κ2) is 6.13. The molecule has 0 N–H and O–H groups in total. The van der Waals surface area contributed by atoms with Gasteiger partial charge in [0.25, 0.3) is 0 Å². The third-order valence-electron chi connectivity index (χ3n) is 3.59. The van der Waals surface area contributed by atoms with E-state index in [-0.39, 0.29) is 18.9 Å². The van der Waals surface area contributed by atoms with E-state index < -0.39 is 0 Å². The maximum atomic E-state index is 11.8. The zero-order valence-electron chi connectivity index (χ0n) is 12.6. The SMILES string of the molecule is CCOC1=C(C)C(=O)OC(C=Cc2ccc3c(c2)OCO3)C1. The van der Waals surface area contributed by atoms with E-state index in [0.29, 0.717) is 24.4 Å². The number of benzene rings is 1. The lowest BCUT2D eigenvalue weighted by Gasteiger charge is -2.23. The van der Waals surface area contributed by atoms with Gasteiger partial charge in [-0.3, -0.25) is 0 Å². The minimum atomic E-state index is -0.324. The second-order valence-electron chi connectivity index (χ2n) is 5.10. The van der Waals surface area contributed by atoms with Crippen LogP contribution in [0.2, 0.25) is 0 Å². The molecule has 116 valence electrons. The molecule has 2 aliphatic rings. The van der Waals surface area contributed by atoms with Gasteiger partial charge in [-0.25, -0.2) is 4.79 Å². The number of hydrogen-bond acceptors (Lipinski definition) is 5. The highest BCUT2D eigenvalue weighted by atomic mass is 16.7. The van der Waals surface area contributed by atoms with Gasteiger partial charge < -0.3 is 18.9 Å². The van der Waals surface area contributed by atoms with Crippen LogP contribution < -0.4 is 9.47 Å². The number of carbonyl (C=O) groups excluding carboxylic acids is 1. The lowest BCUT2D eigenvalue weighted by atomic mass is 10.1. The van der Waals surface area contributed by atoms with E-state index in [9.17, 15) is 4.79 Å². The maximum Gasteiger partial charge on any atom is 0.337 e. The molecule has 0 aromatic heterocycles. The number of rotatable bonds is 4. The van der Waals surface area contributed by atoms with Gasteiger partial charge in [-0.2, -0.15) is 0 Å². The summed E-state index contributed by atoms with van der Waals surface area (Å²) < 4.78 is 21.5. The summed E-state index contributed by atoms with van der Waals surface area (Å²) in [5, 5.41) is 0. The number of esters is 1. The van der Waals surface area contributed by atoms with Gasteiger partial charge in [-0.15, -0.1) is 0 Å². The fourth-order valence-corrected chi connectivity index (χ4v) is 2.40. The normalized spacial score (nSPS) is 20.5. The minimum Gasteiger partial charge on any atom is -0.498 e. The number of cyclic esters (lactones) is 1. The molecule has 5 nitrogen and oxygen atoms in total. The molecule has 0 saturated carbocycles. The van der Waals surface area contributed by atoms with Gasteiger partial charge in [-0.05, 0) is 37.6 Å². The molecule has 1 atom stereocenters. The highest BCUT2D eigenvalue weighted by molar-refractivity contribution is 5.89. The van der Waals surface area contributed by atoms with Crippen LogP contribution in [0, 0.1) is 0 Å². The first-order chi connectivity index (χ1) is 10.7. The fourth-order valence-electron chi connectivity index (χ4n) is 2.40. The van der Waals surface area contributed by atoms with Crippen LogP contribution >= 0.6 is 0 Å². The van der Waals surface area contributed by atoms with Gasteiger partial charge in [0, 0.05) is 6.42 Å². The van der Waals surface area contributed by atoms with E-state index in [1.165, 1.54) is 0 Å². The Kier molecular flexibility index (Phi) is 4.04. The first-order valence-corrected chi connectivity index (χ1v) is 7.28.